The lowest BCUT2D eigenvalue weighted by molar-refractivity contribution is 0.0627. The highest BCUT2D eigenvalue weighted by Gasteiger charge is 2.23. The molecule has 132 valence electrons. The number of rotatable bonds is 4. The number of hydrogen-bond donors (Lipinski definition) is 1. The van der Waals surface area contributed by atoms with Gasteiger partial charge in [-0.25, -0.2) is 0 Å². The molecule has 0 spiro atoms. The van der Waals surface area contributed by atoms with E-state index in [9.17, 15) is 4.79 Å². The number of para-hydroxylation sites is 1. The molecule has 5 heteroatoms. The summed E-state index contributed by atoms with van der Waals surface area (Å²) in [5.41, 5.74) is 9.32. The molecule has 2 aromatic rings. The largest absolute Gasteiger partial charge is 0.496 e. The molecule has 0 bridgehead atoms. The molecular weight excluding hydrogens is 314 g/mol. The van der Waals surface area contributed by atoms with E-state index >= 15 is 0 Å². The predicted octanol–water partition coefficient (Wildman–Crippen LogP) is 2.54. The van der Waals surface area contributed by atoms with Crippen LogP contribution in [0.1, 0.15) is 21.5 Å². The Labute approximate surface area is 149 Å². The molecule has 0 unspecified atom stereocenters. The zero-order valence-corrected chi connectivity index (χ0v) is 14.9. The van der Waals surface area contributed by atoms with Crippen LogP contribution in [0, 0.1) is 6.92 Å². The van der Waals surface area contributed by atoms with Crippen molar-refractivity contribution in [2.24, 2.45) is 0 Å². The topological polar surface area (TPSA) is 58.8 Å². The highest BCUT2D eigenvalue weighted by molar-refractivity contribution is 5.96. The molecule has 0 atom stereocenters. The number of anilines is 1. The second-order valence-electron chi connectivity index (χ2n) is 6.45. The van der Waals surface area contributed by atoms with Gasteiger partial charge >= 0.3 is 0 Å². The molecule has 5 nitrogen and oxygen atoms in total. The molecule has 2 aromatic carbocycles. The first kappa shape index (κ1) is 17.3. The second kappa shape index (κ2) is 7.57. The Morgan fingerprint density at radius 2 is 1.84 bits per heavy atom. The summed E-state index contributed by atoms with van der Waals surface area (Å²) in [5, 5.41) is 0. The molecule has 1 fully saturated rings. The fraction of sp³-hybridized carbons (Fsp3) is 0.350. The molecule has 1 aliphatic rings. The van der Waals surface area contributed by atoms with Gasteiger partial charge in [-0.3, -0.25) is 9.69 Å². The van der Waals surface area contributed by atoms with Crippen LogP contribution in [0.3, 0.4) is 0 Å². The predicted molar refractivity (Wildman–Crippen MR) is 99.8 cm³/mol. The van der Waals surface area contributed by atoms with Crippen LogP contribution in [0.2, 0.25) is 0 Å². The summed E-state index contributed by atoms with van der Waals surface area (Å²) in [6.07, 6.45) is 0. The van der Waals surface area contributed by atoms with E-state index in [1.165, 1.54) is 5.56 Å². The van der Waals surface area contributed by atoms with Gasteiger partial charge < -0.3 is 15.4 Å². The van der Waals surface area contributed by atoms with Crippen molar-refractivity contribution < 1.29 is 9.53 Å². The monoisotopic (exact) mass is 339 g/mol. The number of ether oxygens (including phenoxy) is 1. The van der Waals surface area contributed by atoms with Crippen LogP contribution in [0.25, 0.3) is 0 Å². The molecule has 0 aliphatic carbocycles. The van der Waals surface area contributed by atoms with Crippen LogP contribution in [0.15, 0.2) is 42.5 Å². The van der Waals surface area contributed by atoms with Gasteiger partial charge in [0, 0.05) is 49.5 Å². The van der Waals surface area contributed by atoms with E-state index in [1.807, 2.05) is 42.2 Å². The Morgan fingerprint density at radius 3 is 2.56 bits per heavy atom. The molecule has 0 saturated carbocycles. The van der Waals surface area contributed by atoms with Gasteiger partial charge in [-0.05, 0) is 30.7 Å². The van der Waals surface area contributed by atoms with Crippen LogP contribution in [0.4, 0.5) is 5.69 Å². The Balaban J connectivity index is 1.62. The maximum Gasteiger partial charge on any atom is 0.254 e. The van der Waals surface area contributed by atoms with Crippen LogP contribution in [-0.2, 0) is 6.54 Å². The highest BCUT2D eigenvalue weighted by atomic mass is 16.5. The fourth-order valence-corrected chi connectivity index (χ4v) is 3.22. The summed E-state index contributed by atoms with van der Waals surface area (Å²) in [4.78, 5) is 17.0. The number of carbonyl (C=O) groups is 1. The summed E-state index contributed by atoms with van der Waals surface area (Å²) in [6, 6.07) is 13.6. The molecule has 0 aromatic heterocycles. The lowest BCUT2D eigenvalue weighted by atomic mass is 10.1. The average Bonchev–Trinajstić information content (AvgIpc) is 2.64. The molecule has 0 radical (unpaired) electrons. The summed E-state index contributed by atoms with van der Waals surface area (Å²) >= 11 is 0. The van der Waals surface area contributed by atoms with Crippen molar-refractivity contribution in [2.45, 2.75) is 13.5 Å². The van der Waals surface area contributed by atoms with Gasteiger partial charge in [0.15, 0.2) is 0 Å². The third kappa shape index (κ3) is 3.94. The first-order chi connectivity index (χ1) is 12.1. The van der Waals surface area contributed by atoms with Crippen molar-refractivity contribution >= 4 is 11.6 Å². The van der Waals surface area contributed by atoms with E-state index in [2.05, 4.69) is 11.0 Å². The summed E-state index contributed by atoms with van der Waals surface area (Å²) < 4.78 is 5.43. The Kier molecular flexibility index (Phi) is 5.24. The maximum absolute atomic E-state index is 12.8. The summed E-state index contributed by atoms with van der Waals surface area (Å²) in [6.45, 7) is 5.94. The molecule has 2 N–H and O–H groups in total. The van der Waals surface area contributed by atoms with Gasteiger partial charge in [0.05, 0.1) is 7.11 Å². The van der Waals surface area contributed by atoms with Gasteiger partial charge in [0.1, 0.15) is 5.75 Å². The highest BCUT2D eigenvalue weighted by Crippen LogP contribution is 2.21. The van der Waals surface area contributed by atoms with E-state index in [0.29, 0.717) is 11.3 Å². The molecular formula is C20H25N3O2. The summed E-state index contributed by atoms with van der Waals surface area (Å²) in [5.74, 6) is 0.984. The number of benzene rings is 2. The fourth-order valence-electron chi connectivity index (χ4n) is 3.22. The van der Waals surface area contributed by atoms with Crippen molar-refractivity contribution in [1.82, 2.24) is 9.80 Å². The van der Waals surface area contributed by atoms with Crippen molar-refractivity contribution in [3.63, 3.8) is 0 Å². The quantitative estimate of drug-likeness (QED) is 0.870. The van der Waals surface area contributed by atoms with Crippen molar-refractivity contribution in [2.75, 3.05) is 39.0 Å². The number of piperazine rings is 1. The molecule has 1 aliphatic heterocycles. The van der Waals surface area contributed by atoms with E-state index < -0.39 is 0 Å². The van der Waals surface area contributed by atoms with Crippen LogP contribution in [0.5, 0.6) is 5.75 Å². The number of aryl methyl sites for hydroxylation is 1. The normalized spacial score (nSPS) is 15.2. The number of amides is 1. The smallest absolute Gasteiger partial charge is 0.254 e. The van der Waals surface area contributed by atoms with E-state index in [1.54, 1.807) is 13.2 Å². The van der Waals surface area contributed by atoms with Gasteiger partial charge in [-0.15, -0.1) is 0 Å². The van der Waals surface area contributed by atoms with Crippen molar-refractivity contribution in [1.29, 1.82) is 0 Å². The first-order valence-electron chi connectivity index (χ1n) is 8.58. The van der Waals surface area contributed by atoms with Gasteiger partial charge in [-0.1, -0.05) is 24.3 Å². The van der Waals surface area contributed by atoms with Gasteiger partial charge in [0.25, 0.3) is 5.91 Å². The molecule has 3 rings (SSSR count). The zero-order valence-electron chi connectivity index (χ0n) is 14.9. The van der Waals surface area contributed by atoms with Crippen molar-refractivity contribution in [3.05, 3.63) is 59.2 Å². The van der Waals surface area contributed by atoms with E-state index in [-0.39, 0.29) is 5.91 Å². The molecule has 25 heavy (non-hydrogen) atoms. The number of nitrogens with two attached hydrogens (primary N) is 1. The summed E-state index contributed by atoms with van der Waals surface area (Å²) in [7, 11) is 1.70. The minimum atomic E-state index is 0.0711. The van der Waals surface area contributed by atoms with Crippen LogP contribution in [-0.4, -0.2) is 49.0 Å². The average molecular weight is 339 g/mol. The number of methoxy groups -OCH3 is 1. The minimum absolute atomic E-state index is 0.0711. The standard InChI is InChI=1S/C20H25N3O2/c1-15-7-8-17(21)13-18(15)20(24)23-11-9-22(10-12-23)14-16-5-3-4-6-19(16)25-2/h3-8,13H,9-12,14,21H2,1-2H3. The third-order valence-electron chi connectivity index (χ3n) is 4.74. The number of carbonyl (C=O) groups excluding carboxylic acids is 1. The lowest BCUT2D eigenvalue weighted by Crippen LogP contribution is -2.48. The molecule has 1 saturated heterocycles. The van der Waals surface area contributed by atoms with Crippen LogP contribution >= 0.6 is 0 Å². The van der Waals surface area contributed by atoms with Gasteiger partial charge in [-0.2, -0.15) is 0 Å². The molecule has 1 amide bonds. The minimum Gasteiger partial charge on any atom is -0.496 e. The Morgan fingerprint density at radius 1 is 1.12 bits per heavy atom. The Hall–Kier alpha value is -2.53. The lowest BCUT2D eigenvalue weighted by Gasteiger charge is -2.35. The van der Waals surface area contributed by atoms with Crippen LogP contribution < -0.4 is 10.5 Å². The SMILES string of the molecule is COc1ccccc1CN1CCN(C(=O)c2cc(N)ccc2C)CC1. The number of hydrogen-bond acceptors (Lipinski definition) is 4. The number of nitrogen functional groups attached to an aromatic ring is 1. The second-order valence-corrected chi connectivity index (χ2v) is 6.45. The van der Waals surface area contributed by atoms with Gasteiger partial charge in [0.2, 0.25) is 0 Å². The van der Waals surface area contributed by atoms with E-state index in [0.717, 1.165) is 44.0 Å². The first-order valence-corrected chi connectivity index (χ1v) is 8.58. The zero-order chi connectivity index (χ0) is 17.8. The van der Waals surface area contributed by atoms with Crippen molar-refractivity contribution in [3.8, 4) is 5.75 Å². The third-order valence-corrected chi connectivity index (χ3v) is 4.74. The maximum atomic E-state index is 12.8. The number of nitrogens with zero attached hydrogens (tertiary/aromatic N) is 2. The molecule has 1 heterocycles. The Bertz CT molecular complexity index is 752. The van der Waals surface area contributed by atoms with E-state index in [4.69, 9.17) is 10.5 Å².